The number of benzene rings is 4. The number of carbonyl (C=O) groups is 5. The number of amides is 2. The molecule has 0 atom stereocenters. The number of nitro benzene ring substituents is 1. The SMILES string of the molecule is O=C(F)F.O=C(F)F.O=C(Nc1ccc(C(F)(C(F)(F)F)C(F)(F)F)cc1Br)c1cccc(NCC2CC2)c1F.O=C(Nc1ccc(C(F)(C(F)(F)F)C(F)(F)F)cc1Br)c1cccc([N+](=O)[O-])c1F.O=CC1CC1. The summed E-state index contributed by atoms with van der Waals surface area (Å²) in [6, 6.07) is 8.62. The van der Waals surface area contributed by atoms with Crippen LogP contribution < -0.4 is 16.0 Å². The van der Waals surface area contributed by atoms with Gasteiger partial charge in [-0.1, -0.05) is 24.3 Å². The average molecular weight is 1240 g/mol. The van der Waals surface area contributed by atoms with Crippen LogP contribution in [0.25, 0.3) is 0 Å². The van der Waals surface area contributed by atoms with Crippen LogP contribution in [0.5, 0.6) is 0 Å². The first-order valence-corrected chi connectivity index (χ1v) is 21.3. The van der Waals surface area contributed by atoms with Gasteiger partial charge in [-0.25, -0.2) is 22.8 Å². The standard InChI is InChI=1S/C20H15BrF8N2O.C16H7BrF8N2O3.C4H6O.2CF2O/c21-13-8-11(18(23,19(24,25)26)20(27,28)29)6-7-14(13)31-17(32)12-2-1-3-15(16(12)22)30-9-10-4-5-10;17-9-6-7(14(19,15(20,21)22)16(23,24)25)4-5-10(9)26-13(28)8-2-1-3-11(12(8)18)27(29)30;5-3-4-1-2-4;2*2-1(3)4/h1-3,6-8,10,30H,4-5,9H2,(H,31,32);1-6H,(H,26,28);3-4H,1-2H2;;. The molecule has 2 aliphatic carbocycles. The first-order valence-electron chi connectivity index (χ1n) is 19.7. The molecule has 0 aromatic heterocycles. The third-order valence-electron chi connectivity index (χ3n) is 9.55. The predicted molar refractivity (Wildman–Crippen MR) is 229 cm³/mol. The fourth-order valence-electron chi connectivity index (χ4n) is 5.51. The van der Waals surface area contributed by atoms with E-state index in [-0.39, 0.29) is 35.6 Å². The molecule has 0 unspecified atom stereocenters. The molecule has 0 spiro atoms. The maximum absolute atomic E-state index is 14.6. The van der Waals surface area contributed by atoms with Crippen molar-refractivity contribution in [2.45, 2.75) is 61.7 Å². The van der Waals surface area contributed by atoms with Crippen molar-refractivity contribution < 1.29 is 117 Å². The Labute approximate surface area is 422 Å². The van der Waals surface area contributed by atoms with E-state index in [0.717, 1.165) is 56.2 Å². The highest BCUT2D eigenvalue weighted by atomic mass is 79.9. The Balaban J connectivity index is 0.000000414. The zero-order valence-electron chi connectivity index (χ0n) is 36.3. The van der Waals surface area contributed by atoms with Gasteiger partial charge in [-0.2, -0.15) is 57.1 Å². The smallest absolute Gasteiger partial charge is 0.382 e. The fourth-order valence-corrected chi connectivity index (χ4v) is 6.46. The van der Waals surface area contributed by atoms with Crippen molar-refractivity contribution in [1.82, 2.24) is 0 Å². The van der Waals surface area contributed by atoms with E-state index < -0.39 is 120 Å². The van der Waals surface area contributed by atoms with E-state index in [2.05, 4.69) is 42.5 Å². The van der Waals surface area contributed by atoms with E-state index in [1.54, 1.807) is 0 Å². The van der Waals surface area contributed by atoms with Crippen LogP contribution >= 0.6 is 31.9 Å². The molecule has 3 N–H and O–H groups in total. The van der Waals surface area contributed by atoms with E-state index >= 15 is 0 Å². The molecule has 0 aliphatic heterocycles. The summed E-state index contributed by atoms with van der Waals surface area (Å²) in [5.74, 6) is -3.78. The quantitative estimate of drug-likeness (QED) is 0.0439. The lowest BCUT2D eigenvalue weighted by molar-refractivity contribution is -0.387. The molecular formula is C42H28Br2F20N4O7. The van der Waals surface area contributed by atoms with Gasteiger partial charge in [-0.3, -0.25) is 19.7 Å². The summed E-state index contributed by atoms with van der Waals surface area (Å²) in [5, 5.41) is 17.7. The minimum atomic E-state index is -6.33. The second kappa shape index (κ2) is 25.9. The molecule has 0 heterocycles. The van der Waals surface area contributed by atoms with Crippen LogP contribution in [-0.4, -0.2) is 66.9 Å². The Morgan fingerprint density at radius 1 is 0.573 bits per heavy atom. The highest BCUT2D eigenvalue weighted by Crippen LogP contribution is 2.55. The monoisotopic (exact) mass is 1240 g/mol. The molecule has 33 heteroatoms. The van der Waals surface area contributed by atoms with Gasteiger partial charge >= 0.3 is 54.3 Å². The highest BCUT2D eigenvalue weighted by Gasteiger charge is 2.74. The number of alkyl halides is 14. The van der Waals surface area contributed by atoms with Crippen LogP contribution in [0.4, 0.5) is 120 Å². The molecule has 2 saturated carbocycles. The fraction of sp³-hybridized carbons (Fsp3) is 0.310. The number of nitrogens with one attached hydrogen (secondary N) is 3. The minimum absolute atomic E-state index is 0.0801. The maximum Gasteiger partial charge on any atom is 0.483 e. The molecule has 2 fully saturated rings. The number of hydrogen-bond donors (Lipinski definition) is 3. The van der Waals surface area contributed by atoms with Crippen molar-refractivity contribution in [2.24, 2.45) is 11.8 Å². The number of aldehydes is 1. The van der Waals surface area contributed by atoms with Gasteiger partial charge < -0.3 is 20.7 Å². The molecule has 75 heavy (non-hydrogen) atoms. The minimum Gasteiger partial charge on any atom is -0.382 e. The first-order chi connectivity index (χ1) is 34.3. The Morgan fingerprint density at radius 3 is 1.23 bits per heavy atom. The molecule has 2 aliphatic rings. The van der Waals surface area contributed by atoms with Gasteiger partial charge in [-0.15, -0.1) is 17.6 Å². The number of hydrogen-bond acceptors (Lipinski definition) is 8. The summed E-state index contributed by atoms with van der Waals surface area (Å²) in [5.41, 5.74) is -17.7. The number of anilines is 3. The zero-order chi connectivity index (χ0) is 57.8. The highest BCUT2D eigenvalue weighted by molar-refractivity contribution is 9.11. The molecule has 2 amide bonds. The summed E-state index contributed by atoms with van der Waals surface area (Å²) in [6.45, 7) is 0.526. The summed E-state index contributed by atoms with van der Waals surface area (Å²) < 4.78 is 249. The van der Waals surface area contributed by atoms with Gasteiger partial charge in [-0.05, 0) is 106 Å². The van der Waals surface area contributed by atoms with E-state index in [4.69, 9.17) is 9.59 Å². The van der Waals surface area contributed by atoms with E-state index in [1.807, 2.05) is 5.32 Å². The van der Waals surface area contributed by atoms with E-state index in [1.165, 1.54) is 12.1 Å². The Morgan fingerprint density at radius 2 is 0.933 bits per heavy atom. The molecule has 0 saturated heterocycles. The summed E-state index contributed by atoms with van der Waals surface area (Å²) in [4.78, 5) is 60.0. The van der Waals surface area contributed by atoms with Gasteiger partial charge in [0.1, 0.15) is 6.29 Å². The summed E-state index contributed by atoms with van der Waals surface area (Å²) in [6.07, 6.45) is -25.5. The molecule has 6 rings (SSSR count). The Bertz CT molecular complexity index is 2670. The largest absolute Gasteiger partial charge is 0.483 e. The summed E-state index contributed by atoms with van der Waals surface area (Å²) >= 11 is 5.35. The lowest BCUT2D eigenvalue weighted by Crippen LogP contribution is -2.50. The number of rotatable bonds is 11. The van der Waals surface area contributed by atoms with Crippen molar-refractivity contribution in [2.75, 3.05) is 22.5 Å². The van der Waals surface area contributed by atoms with Gasteiger partial charge in [0.15, 0.2) is 5.82 Å². The van der Waals surface area contributed by atoms with Crippen molar-refractivity contribution in [3.05, 3.63) is 126 Å². The Kier molecular flexibility index (Phi) is 22.3. The van der Waals surface area contributed by atoms with Crippen LogP contribution in [0.1, 0.15) is 57.5 Å². The molecule has 4 aromatic rings. The molecule has 412 valence electrons. The number of nitrogens with zero attached hydrogens (tertiary/aromatic N) is 1. The van der Waals surface area contributed by atoms with Crippen molar-refractivity contribution in [1.29, 1.82) is 0 Å². The average Bonchev–Trinajstić information content (AvgIpc) is 4.22. The van der Waals surface area contributed by atoms with Crippen LogP contribution in [0, 0.1) is 33.6 Å². The maximum atomic E-state index is 14.6. The molecule has 0 radical (unpaired) electrons. The molecule has 0 bridgehead atoms. The zero-order valence-corrected chi connectivity index (χ0v) is 39.5. The normalized spacial score (nSPS) is 13.6. The van der Waals surface area contributed by atoms with Crippen molar-refractivity contribution in [3.63, 3.8) is 0 Å². The molecule has 4 aromatic carbocycles. The number of halogens is 22. The first kappa shape index (κ1) is 64.7. The number of nitro groups is 1. The number of carbonyl (C=O) groups excluding carboxylic acids is 5. The van der Waals surface area contributed by atoms with Crippen LogP contribution in [-0.2, 0) is 16.1 Å². The van der Waals surface area contributed by atoms with Gasteiger partial charge in [0.25, 0.3) is 11.8 Å². The lowest BCUT2D eigenvalue weighted by Gasteiger charge is -2.30. The summed E-state index contributed by atoms with van der Waals surface area (Å²) in [7, 11) is 0. The molecular weight excluding hydrogens is 1210 g/mol. The van der Waals surface area contributed by atoms with Gasteiger partial charge in [0.05, 0.1) is 33.1 Å². The Hall–Kier alpha value is -6.41. The third-order valence-corrected chi connectivity index (χ3v) is 10.9. The van der Waals surface area contributed by atoms with Crippen LogP contribution in [0.2, 0.25) is 0 Å². The van der Waals surface area contributed by atoms with Crippen molar-refractivity contribution >= 4 is 85.3 Å². The lowest BCUT2D eigenvalue weighted by atomic mass is 9.94. The van der Waals surface area contributed by atoms with Crippen LogP contribution in [0.15, 0.2) is 81.7 Å². The van der Waals surface area contributed by atoms with Crippen molar-refractivity contribution in [3.8, 4) is 0 Å². The molecule has 11 nitrogen and oxygen atoms in total. The second-order valence-corrected chi connectivity index (χ2v) is 16.6. The predicted octanol–water partition coefficient (Wildman–Crippen LogP) is 15.7. The van der Waals surface area contributed by atoms with E-state index in [9.17, 15) is 112 Å². The second-order valence-electron chi connectivity index (χ2n) is 14.9. The van der Waals surface area contributed by atoms with Gasteiger partial charge in [0, 0.05) is 38.6 Å². The topological polar surface area (TPSA) is 165 Å². The van der Waals surface area contributed by atoms with Gasteiger partial charge in [0.2, 0.25) is 5.82 Å². The third kappa shape index (κ3) is 17.6. The van der Waals surface area contributed by atoms with Crippen LogP contribution in [0.3, 0.4) is 0 Å². The van der Waals surface area contributed by atoms with E-state index in [0.29, 0.717) is 30.5 Å².